The lowest BCUT2D eigenvalue weighted by molar-refractivity contribution is -0.140. The quantitative estimate of drug-likeness (QED) is 0.224. The molecule has 0 saturated carbocycles. The Balaban J connectivity index is 2.06. The van der Waals surface area contributed by atoms with Crippen LogP contribution in [-0.4, -0.2) is 50.4 Å². The van der Waals surface area contributed by atoms with Crippen molar-refractivity contribution >= 4 is 50.7 Å². The third-order valence-corrected chi connectivity index (χ3v) is 9.30. The van der Waals surface area contributed by atoms with Crippen molar-refractivity contribution in [2.75, 3.05) is 17.5 Å². The van der Waals surface area contributed by atoms with Crippen LogP contribution in [0.15, 0.2) is 77.7 Å². The molecule has 0 radical (unpaired) electrons. The molecule has 0 bridgehead atoms. The summed E-state index contributed by atoms with van der Waals surface area (Å²) in [4.78, 5) is 29.0. The van der Waals surface area contributed by atoms with Crippen LogP contribution < -0.4 is 14.4 Å². The number of anilines is 1. The number of ether oxygens (including phenoxy) is 1. The third-order valence-electron chi connectivity index (χ3n) is 6.77. The molecule has 0 aliphatic rings. The zero-order chi connectivity index (χ0) is 30.9. The molecule has 11 heteroatoms. The molecule has 0 unspecified atom stereocenters. The molecule has 3 rings (SSSR count). The van der Waals surface area contributed by atoms with Gasteiger partial charge in [0.15, 0.2) is 0 Å². The summed E-state index contributed by atoms with van der Waals surface area (Å²) in [7, 11) is -4.16. The van der Waals surface area contributed by atoms with E-state index >= 15 is 0 Å². The van der Waals surface area contributed by atoms with Gasteiger partial charge in [-0.1, -0.05) is 61.3 Å². The van der Waals surface area contributed by atoms with E-state index in [2.05, 4.69) is 5.32 Å². The van der Waals surface area contributed by atoms with Crippen molar-refractivity contribution in [1.29, 1.82) is 0 Å². The van der Waals surface area contributed by atoms with E-state index in [-0.39, 0.29) is 29.1 Å². The molecule has 2 atom stereocenters. The molecule has 0 aromatic heterocycles. The predicted molar refractivity (Wildman–Crippen MR) is 168 cm³/mol. The van der Waals surface area contributed by atoms with Gasteiger partial charge < -0.3 is 15.0 Å². The lowest BCUT2D eigenvalue weighted by Gasteiger charge is -2.33. The van der Waals surface area contributed by atoms with Gasteiger partial charge in [0, 0.05) is 12.6 Å². The number of rotatable bonds is 14. The molecule has 3 aromatic carbocycles. The highest BCUT2D eigenvalue weighted by molar-refractivity contribution is 7.92. The molecule has 0 spiro atoms. The molecule has 226 valence electrons. The van der Waals surface area contributed by atoms with Crippen molar-refractivity contribution in [1.82, 2.24) is 10.2 Å². The Kier molecular flexibility index (Phi) is 12.1. The van der Waals surface area contributed by atoms with Gasteiger partial charge in [-0.15, -0.1) is 0 Å². The Bertz CT molecular complexity index is 1450. The van der Waals surface area contributed by atoms with Crippen LogP contribution in [0, 0.1) is 0 Å². The van der Waals surface area contributed by atoms with Gasteiger partial charge >= 0.3 is 0 Å². The first-order valence-electron chi connectivity index (χ1n) is 13.9. The average molecular weight is 635 g/mol. The normalized spacial score (nSPS) is 12.7. The van der Waals surface area contributed by atoms with Gasteiger partial charge in [0.2, 0.25) is 11.8 Å². The van der Waals surface area contributed by atoms with Crippen LogP contribution >= 0.6 is 23.2 Å². The highest BCUT2D eigenvalue weighted by atomic mass is 35.5. The summed E-state index contributed by atoms with van der Waals surface area (Å²) in [6.45, 7) is 7.42. The Labute approximate surface area is 258 Å². The second kappa shape index (κ2) is 15.3. The molecule has 0 aliphatic carbocycles. The molecule has 0 fully saturated rings. The fourth-order valence-electron chi connectivity index (χ4n) is 4.32. The van der Waals surface area contributed by atoms with Gasteiger partial charge in [-0.3, -0.25) is 13.9 Å². The molecule has 42 heavy (non-hydrogen) atoms. The maximum absolute atomic E-state index is 14.1. The van der Waals surface area contributed by atoms with Crippen LogP contribution in [0.4, 0.5) is 5.69 Å². The van der Waals surface area contributed by atoms with Crippen molar-refractivity contribution in [3.63, 3.8) is 0 Å². The minimum absolute atomic E-state index is 0.0185. The second-order valence-corrected chi connectivity index (χ2v) is 12.4. The average Bonchev–Trinajstić information content (AvgIpc) is 2.98. The smallest absolute Gasteiger partial charge is 0.264 e. The van der Waals surface area contributed by atoms with E-state index in [4.69, 9.17) is 27.9 Å². The van der Waals surface area contributed by atoms with Gasteiger partial charge in [0.05, 0.1) is 27.2 Å². The molecular weight excluding hydrogens is 597 g/mol. The minimum atomic E-state index is -4.16. The summed E-state index contributed by atoms with van der Waals surface area (Å²) < 4.78 is 34.4. The summed E-state index contributed by atoms with van der Waals surface area (Å²) in [6, 6.07) is 18.4. The Morgan fingerprint density at radius 2 is 1.57 bits per heavy atom. The minimum Gasteiger partial charge on any atom is -0.494 e. The number of hydrogen-bond donors (Lipinski definition) is 1. The Hall–Kier alpha value is -3.27. The summed E-state index contributed by atoms with van der Waals surface area (Å²) >= 11 is 12.4. The van der Waals surface area contributed by atoms with Gasteiger partial charge in [0.1, 0.15) is 18.3 Å². The highest BCUT2D eigenvalue weighted by Gasteiger charge is 2.34. The summed E-state index contributed by atoms with van der Waals surface area (Å²) in [5.41, 5.74) is 0.924. The van der Waals surface area contributed by atoms with Gasteiger partial charge in [0.25, 0.3) is 10.0 Å². The molecule has 8 nitrogen and oxygen atoms in total. The number of amides is 2. The van der Waals surface area contributed by atoms with Crippen LogP contribution in [0.3, 0.4) is 0 Å². The summed E-state index contributed by atoms with van der Waals surface area (Å²) in [6.07, 6.45) is 1.02. The lowest BCUT2D eigenvalue weighted by Crippen LogP contribution is -2.53. The topological polar surface area (TPSA) is 96.0 Å². The summed E-state index contributed by atoms with van der Waals surface area (Å²) in [5, 5.41) is 3.62. The maximum atomic E-state index is 14.1. The predicted octanol–water partition coefficient (Wildman–Crippen LogP) is 6.31. The van der Waals surface area contributed by atoms with E-state index in [0.29, 0.717) is 40.8 Å². The maximum Gasteiger partial charge on any atom is 0.264 e. The molecule has 2 amide bonds. The van der Waals surface area contributed by atoms with Crippen molar-refractivity contribution < 1.29 is 22.7 Å². The number of halogens is 2. The van der Waals surface area contributed by atoms with Crippen LogP contribution in [0.5, 0.6) is 5.75 Å². The standard InChI is InChI=1S/C31H37Cl2N3O5S/c1-5-22(4)34-31(38)29(6-2)35(20-23-13-18-27(32)28(33)19-23)30(37)21-36(24-14-16-25(17-15-24)41-7-3)42(39,40)26-11-9-8-10-12-26/h8-19,22,29H,5-7,20-21H2,1-4H3,(H,34,38)/t22-,29-/m0/s1. The molecule has 1 N–H and O–H groups in total. The van der Waals surface area contributed by atoms with Crippen molar-refractivity contribution in [2.45, 2.75) is 64.1 Å². The third kappa shape index (κ3) is 8.40. The van der Waals surface area contributed by atoms with Crippen LogP contribution in [-0.2, 0) is 26.2 Å². The largest absolute Gasteiger partial charge is 0.494 e. The highest BCUT2D eigenvalue weighted by Crippen LogP contribution is 2.28. The number of carbonyl (C=O) groups is 2. The van der Waals surface area contributed by atoms with E-state index < -0.39 is 28.5 Å². The molecule has 0 heterocycles. The monoisotopic (exact) mass is 633 g/mol. The van der Waals surface area contributed by atoms with E-state index in [1.54, 1.807) is 67.6 Å². The zero-order valence-electron chi connectivity index (χ0n) is 24.2. The summed E-state index contributed by atoms with van der Waals surface area (Å²) in [5.74, 6) is -0.307. The Morgan fingerprint density at radius 3 is 2.14 bits per heavy atom. The van der Waals surface area contributed by atoms with Crippen LogP contribution in [0.25, 0.3) is 0 Å². The number of carbonyl (C=O) groups excluding carboxylic acids is 2. The van der Waals surface area contributed by atoms with Gasteiger partial charge in [-0.05, 0) is 80.8 Å². The molecule has 0 saturated heterocycles. The first-order valence-corrected chi connectivity index (χ1v) is 16.1. The molecule has 0 aliphatic heterocycles. The van der Waals surface area contributed by atoms with Crippen molar-refractivity contribution in [2.24, 2.45) is 0 Å². The van der Waals surface area contributed by atoms with E-state index in [0.717, 1.165) is 4.31 Å². The Morgan fingerprint density at radius 1 is 0.905 bits per heavy atom. The number of nitrogens with zero attached hydrogens (tertiary/aromatic N) is 2. The fourth-order valence-corrected chi connectivity index (χ4v) is 6.07. The molecular formula is C31H37Cl2N3O5S. The zero-order valence-corrected chi connectivity index (χ0v) is 26.5. The number of hydrogen-bond acceptors (Lipinski definition) is 5. The van der Waals surface area contributed by atoms with Crippen molar-refractivity contribution in [3.05, 3.63) is 88.4 Å². The van der Waals surface area contributed by atoms with E-state index in [1.165, 1.54) is 17.0 Å². The SMILES string of the molecule is CCOc1ccc(N(CC(=O)N(Cc2ccc(Cl)c(Cl)c2)[C@@H](CC)C(=O)N[C@@H](C)CC)S(=O)(=O)c2ccccc2)cc1. The first kappa shape index (κ1) is 33.2. The van der Waals surface area contributed by atoms with Gasteiger partial charge in [-0.2, -0.15) is 0 Å². The second-order valence-electron chi connectivity index (χ2n) is 9.76. The van der Waals surface area contributed by atoms with Gasteiger partial charge in [-0.25, -0.2) is 8.42 Å². The van der Waals surface area contributed by atoms with Crippen LogP contribution in [0.2, 0.25) is 10.0 Å². The number of nitrogens with one attached hydrogen (secondary N) is 1. The van der Waals surface area contributed by atoms with E-state index in [1.807, 2.05) is 20.8 Å². The molecule has 3 aromatic rings. The van der Waals surface area contributed by atoms with Crippen LogP contribution in [0.1, 0.15) is 46.1 Å². The first-order chi connectivity index (χ1) is 20.0. The van der Waals surface area contributed by atoms with E-state index in [9.17, 15) is 18.0 Å². The van der Waals surface area contributed by atoms with Crippen molar-refractivity contribution in [3.8, 4) is 5.75 Å². The fraction of sp³-hybridized carbons (Fsp3) is 0.355. The number of sulfonamides is 1. The lowest BCUT2D eigenvalue weighted by atomic mass is 10.1. The number of benzene rings is 3.